The van der Waals surface area contributed by atoms with Crippen molar-refractivity contribution in [1.82, 2.24) is 0 Å². The van der Waals surface area contributed by atoms with Gasteiger partial charge in [-0.15, -0.1) is 0 Å². The average molecular weight is 390 g/mol. The van der Waals surface area contributed by atoms with Gasteiger partial charge in [-0.25, -0.2) is 0 Å². The van der Waals surface area contributed by atoms with Crippen LogP contribution < -0.4 is 9.47 Å². The molecule has 0 saturated carbocycles. The van der Waals surface area contributed by atoms with Crippen molar-refractivity contribution in [3.63, 3.8) is 0 Å². The first-order chi connectivity index (χ1) is 10.1. The molecule has 0 bridgehead atoms. The van der Waals surface area contributed by atoms with Crippen molar-refractivity contribution in [3.05, 3.63) is 57.6 Å². The molecule has 0 aliphatic rings. The van der Waals surface area contributed by atoms with Crippen molar-refractivity contribution in [2.24, 2.45) is 0 Å². The van der Waals surface area contributed by atoms with Crippen LogP contribution in [-0.4, -0.2) is 29.2 Å². The summed E-state index contributed by atoms with van der Waals surface area (Å²) in [6.07, 6.45) is 0. The Morgan fingerprint density at radius 2 is 1.24 bits per heavy atom. The normalized spacial score (nSPS) is 10.5. The summed E-state index contributed by atoms with van der Waals surface area (Å²) >= 11 is 12.7. The molecule has 0 aliphatic carbocycles. The Balaban J connectivity index is 1.92. The molecule has 0 radical (unpaired) electrons. The number of benzene rings is 2. The van der Waals surface area contributed by atoms with Crippen LogP contribution in [0.15, 0.2) is 36.4 Å². The zero-order valence-electron chi connectivity index (χ0n) is 11.9. The molecule has 0 unspecified atom stereocenters. The standard InChI is InChI=1S/C16H16Cl2O2Se/c1-19-15-5-3-11(7-13(15)17)9-21-10-12-4-6-16(20-2)14(18)8-12/h3-8H,9-10H2,1-2H3. The molecule has 0 aliphatic heterocycles. The van der Waals surface area contributed by atoms with Gasteiger partial charge in [0.2, 0.25) is 0 Å². The molecule has 2 aromatic rings. The Labute approximate surface area is 141 Å². The van der Waals surface area contributed by atoms with Crippen molar-refractivity contribution in [2.75, 3.05) is 14.2 Å². The van der Waals surface area contributed by atoms with E-state index in [4.69, 9.17) is 32.7 Å². The number of rotatable bonds is 6. The first kappa shape index (κ1) is 16.5. The van der Waals surface area contributed by atoms with Crippen molar-refractivity contribution in [1.29, 1.82) is 0 Å². The van der Waals surface area contributed by atoms with E-state index in [-0.39, 0.29) is 0 Å². The van der Waals surface area contributed by atoms with Crippen LogP contribution in [0.1, 0.15) is 11.1 Å². The average Bonchev–Trinajstić information content (AvgIpc) is 2.48. The van der Waals surface area contributed by atoms with E-state index >= 15 is 0 Å². The Morgan fingerprint density at radius 1 is 0.810 bits per heavy atom. The zero-order chi connectivity index (χ0) is 15.2. The molecule has 0 fully saturated rings. The summed E-state index contributed by atoms with van der Waals surface area (Å²) in [5.74, 6) is 1.43. The molecule has 2 nitrogen and oxygen atoms in total. The summed E-state index contributed by atoms with van der Waals surface area (Å²) < 4.78 is 10.3. The SMILES string of the molecule is COc1ccc(C[Se]Cc2ccc(OC)c(Cl)c2)cc1Cl. The molecule has 2 aromatic carbocycles. The van der Waals surface area contributed by atoms with Crippen molar-refractivity contribution >= 4 is 38.2 Å². The third-order valence-corrected chi connectivity index (χ3v) is 5.82. The fourth-order valence-corrected chi connectivity index (χ4v) is 4.40. The minimum atomic E-state index is 0.454. The summed E-state index contributed by atoms with van der Waals surface area (Å²) in [5, 5.41) is 3.39. The maximum absolute atomic E-state index is 6.13. The monoisotopic (exact) mass is 390 g/mol. The number of methoxy groups -OCH3 is 2. The van der Waals surface area contributed by atoms with Crippen molar-refractivity contribution < 1.29 is 9.47 Å². The third kappa shape index (κ3) is 4.55. The summed E-state index contributed by atoms with van der Waals surface area (Å²) in [7, 11) is 3.25. The van der Waals surface area contributed by atoms with Gasteiger partial charge in [-0.2, -0.15) is 0 Å². The molecule has 0 saturated heterocycles. The van der Waals surface area contributed by atoms with Crippen LogP contribution in [-0.2, 0) is 10.6 Å². The summed E-state index contributed by atoms with van der Waals surface area (Å²) in [6.45, 7) is 0. The summed E-state index contributed by atoms with van der Waals surface area (Å²) in [4.78, 5) is 0. The zero-order valence-corrected chi connectivity index (χ0v) is 15.1. The molecular formula is C16H16Cl2O2Se. The van der Waals surface area contributed by atoms with Crippen LogP contribution >= 0.6 is 23.2 Å². The molecule has 0 amide bonds. The van der Waals surface area contributed by atoms with E-state index in [1.165, 1.54) is 11.1 Å². The van der Waals surface area contributed by atoms with E-state index in [0.717, 1.165) is 22.1 Å². The Morgan fingerprint density at radius 3 is 1.57 bits per heavy atom. The second kappa shape index (κ2) is 7.95. The minimum absolute atomic E-state index is 0.454. The molecule has 2 rings (SSSR count). The maximum atomic E-state index is 6.13. The molecule has 112 valence electrons. The van der Waals surface area contributed by atoms with Gasteiger partial charge < -0.3 is 0 Å². The van der Waals surface area contributed by atoms with E-state index < -0.39 is 0 Å². The van der Waals surface area contributed by atoms with Gasteiger partial charge in [0, 0.05) is 0 Å². The third-order valence-electron chi connectivity index (χ3n) is 2.97. The van der Waals surface area contributed by atoms with E-state index in [9.17, 15) is 0 Å². The van der Waals surface area contributed by atoms with Gasteiger partial charge in [0.25, 0.3) is 0 Å². The van der Waals surface area contributed by atoms with Gasteiger partial charge in [-0.1, -0.05) is 0 Å². The van der Waals surface area contributed by atoms with Crippen LogP contribution in [0.2, 0.25) is 10.0 Å². The van der Waals surface area contributed by atoms with Crippen LogP contribution in [0.3, 0.4) is 0 Å². The molecular weight excluding hydrogens is 374 g/mol. The van der Waals surface area contributed by atoms with Gasteiger partial charge >= 0.3 is 142 Å². The molecule has 0 N–H and O–H groups in total. The van der Waals surface area contributed by atoms with Gasteiger partial charge in [-0.3, -0.25) is 0 Å². The second-order valence-electron chi connectivity index (χ2n) is 4.43. The fraction of sp³-hybridized carbons (Fsp3) is 0.250. The van der Waals surface area contributed by atoms with E-state index in [0.29, 0.717) is 25.0 Å². The summed E-state index contributed by atoms with van der Waals surface area (Å²) in [6, 6.07) is 11.9. The van der Waals surface area contributed by atoms with Crippen LogP contribution in [0.4, 0.5) is 0 Å². The van der Waals surface area contributed by atoms with Crippen LogP contribution in [0.25, 0.3) is 0 Å². The van der Waals surface area contributed by atoms with Gasteiger partial charge in [0.15, 0.2) is 0 Å². The number of hydrogen-bond acceptors (Lipinski definition) is 2. The molecule has 0 spiro atoms. The molecule has 5 heteroatoms. The number of ether oxygens (including phenoxy) is 2. The van der Waals surface area contributed by atoms with E-state index in [1.807, 2.05) is 24.3 Å². The van der Waals surface area contributed by atoms with E-state index in [2.05, 4.69) is 12.1 Å². The fourth-order valence-electron chi connectivity index (χ4n) is 1.89. The number of hydrogen-bond donors (Lipinski definition) is 0. The first-order valence-corrected chi connectivity index (χ1v) is 9.54. The predicted octanol–water partition coefficient (Wildman–Crippen LogP) is 4.42. The van der Waals surface area contributed by atoms with Gasteiger partial charge in [-0.05, 0) is 0 Å². The van der Waals surface area contributed by atoms with Crippen molar-refractivity contribution in [3.8, 4) is 11.5 Å². The van der Waals surface area contributed by atoms with Gasteiger partial charge in [0.05, 0.1) is 0 Å². The molecule has 0 heterocycles. The molecule has 21 heavy (non-hydrogen) atoms. The van der Waals surface area contributed by atoms with Crippen molar-refractivity contribution in [2.45, 2.75) is 10.6 Å². The predicted molar refractivity (Wildman–Crippen MR) is 89.2 cm³/mol. The topological polar surface area (TPSA) is 18.5 Å². The number of halogens is 2. The quantitative estimate of drug-likeness (QED) is 0.681. The van der Waals surface area contributed by atoms with Crippen LogP contribution in [0.5, 0.6) is 11.5 Å². The Kier molecular flexibility index (Phi) is 6.25. The molecule has 0 aromatic heterocycles. The summed E-state index contributed by atoms with van der Waals surface area (Å²) in [5.41, 5.74) is 2.47. The second-order valence-corrected chi connectivity index (χ2v) is 7.31. The van der Waals surface area contributed by atoms with Crippen LogP contribution in [0, 0.1) is 0 Å². The van der Waals surface area contributed by atoms with Gasteiger partial charge in [0.1, 0.15) is 0 Å². The Hall–Kier alpha value is -0.861. The first-order valence-electron chi connectivity index (χ1n) is 6.36. The Bertz CT molecular complexity index is 564. The van der Waals surface area contributed by atoms with E-state index in [1.54, 1.807) is 14.2 Å². The molecule has 0 atom stereocenters.